The maximum absolute atomic E-state index is 11.3. The fraction of sp³-hybridized carbons (Fsp3) is 0.857. The molecule has 1 aliphatic heterocycles. The molecule has 1 aliphatic rings. The molecule has 0 bridgehead atoms. The largest absolute Gasteiger partial charge is 0.279 e. The zero-order valence-electron chi connectivity index (χ0n) is 7.34. The number of hydrogen-bond donors (Lipinski definition) is 1. The molecular weight excluding hydrogens is 160 g/mol. The number of carbonyl (C=O) groups excluding carboxylic acids is 1. The Hall–Kier alpha value is -0.220. The molecule has 0 aliphatic carbocycles. The van der Waals surface area contributed by atoms with Crippen LogP contribution in [0.1, 0.15) is 20.8 Å². The van der Waals surface area contributed by atoms with Crippen molar-refractivity contribution in [2.24, 2.45) is 0 Å². The molecule has 3 nitrogen and oxygen atoms in total. The molecular formula is C7H14N2OS. The summed E-state index contributed by atoms with van der Waals surface area (Å²) >= 11 is 1.65. The van der Waals surface area contributed by atoms with Crippen LogP contribution in [0.3, 0.4) is 0 Å². The van der Waals surface area contributed by atoms with Crippen molar-refractivity contribution in [3.05, 3.63) is 0 Å². The lowest BCUT2D eigenvalue weighted by Crippen LogP contribution is -2.57. The number of nitrogens with one attached hydrogen (secondary N) is 1. The lowest BCUT2D eigenvalue weighted by molar-refractivity contribution is -0.133. The normalized spacial score (nSPS) is 30.7. The van der Waals surface area contributed by atoms with Crippen molar-refractivity contribution in [1.29, 1.82) is 0 Å². The van der Waals surface area contributed by atoms with Crippen LogP contribution in [0.4, 0.5) is 0 Å². The van der Waals surface area contributed by atoms with Gasteiger partial charge in [-0.15, -0.1) is 11.8 Å². The Labute approximate surface area is 71.5 Å². The van der Waals surface area contributed by atoms with E-state index >= 15 is 0 Å². The van der Waals surface area contributed by atoms with Gasteiger partial charge in [-0.25, -0.2) is 5.43 Å². The maximum atomic E-state index is 11.3. The summed E-state index contributed by atoms with van der Waals surface area (Å²) < 4.78 is 0. The van der Waals surface area contributed by atoms with Crippen molar-refractivity contribution in [3.8, 4) is 0 Å². The SMILES string of the molecule is CC1SC(C)(C)NN(C)C1=O. The van der Waals surface area contributed by atoms with Gasteiger partial charge in [-0.1, -0.05) is 0 Å². The molecule has 1 saturated heterocycles. The van der Waals surface area contributed by atoms with Crippen molar-refractivity contribution in [2.45, 2.75) is 30.9 Å². The van der Waals surface area contributed by atoms with Crippen LogP contribution < -0.4 is 5.43 Å². The molecule has 4 heteroatoms. The molecule has 1 amide bonds. The molecule has 0 aromatic heterocycles. The molecule has 0 radical (unpaired) electrons. The zero-order chi connectivity index (χ0) is 8.65. The summed E-state index contributed by atoms with van der Waals surface area (Å²) in [5.41, 5.74) is 3.08. The quantitative estimate of drug-likeness (QED) is 0.590. The van der Waals surface area contributed by atoms with Gasteiger partial charge in [-0.3, -0.25) is 9.80 Å². The van der Waals surface area contributed by atoms with Crippen LogP contribution in [0.5, 0.6) is 0 Å². The molecule has 1 heterocycles. The fourth-order valence-corrected chi connectivity index (χ4v) is 2.58. The second kappa shape index (κ2) is 2.68. The molecule has 0 saturated carbocycles. The molecule has 64 valence electrons. The van der Waals surface area contributed by atoms with E-state index in [0.717, 1.165) is 0 Å². The van der Waals surface area contributed by atoms with Gasteiger partial charge in [0.2, 0.25) is 5.91 Å². The monoisotopic (exact) mass is 174 g/mol. The highest BCUT2D eigenvalue weighted by Crippen LogP contribution is 2.30. The van der Waals surface area contributed by atoms with Crippen molar-refractivity contribution >= 4 is 17.7 Å². The highest BCUT2D eigenvalue weighted by Gasteiger charge is 2.34. The van der Waals surface area contributed by atoms with Gasteiger partial charge in [0.05, 0.1) is 10.1 Å². The smallest absolute Gasteiger partial charge is 0.249 e. The van der Waals surface area contributed by atoms with E-state index in [-0.39, 0.29) is 16.0 Å². The van der Waals surface area contributed by atoms with E-state index in [9.17, 15) is 4.79 Å². The zero-order valence-corrected chi connectivity index (χ0v) is 8.16. The Bertz CT molecular complexity index is 165. The van der Waals surface area contributed by atoms with Gasteiger partial charge >= 0.3 is 0 Å². The van der Waals surface area contributed by atoms with Crippen molar-refractivity contribution in [3.63, 3.8) is 0 Å². The first-order valence-electron chi connectivity index (χ1n) is 3.65. The van der Waals surface area contributed by atoms with Gasteiger partial charge in [-0.05, 0) is 20.8 Å². The predicted molar refractivity (Wildman–Crippen MR) is 47.0 cm³/mol. The Kier molecular flexibility index (Phi) is 2.16. The third kappa shape index (κ3) is 1.87. The minimum absolute atomic E-state index is 0.0257. The first kappa shape index (κ1) is 8.87. The van der Waals surface area contributed by atoms with E-state index in [0.29, 0.717) is 0 Å². The summed E-state index contributed by atoms with van der Waals surface area (Å²) in [5.74, 6) is 0.148. The van der Waals surface area contributed by atoms with Gasteiger partial charge in [-0.2, -0.15) is 0 Å². The van der Waals surface area contributed by atoms with Crippen molar-refractivity contribution in [2.75, 3.05) is 7.05 Å². The van der Waals surface area contributed by atoms with Gasteiger partial charge < -0.3 is 0 Å². The summed E-state index contributed by atoms with van der Waals surface area (Å²) in [5, 5.41) is 1.64. The number of carbonyl (C=O) groups is 1. The summed E-state index contributed by atoms with van der Waals surface area (Å²) in [6.07, 6.45) is 0. The second-order valence-corrected chi connectivity index (χ2v) is 5.24. The van der Waals surface area contributed by atoms with Gasteiger partial charge in [0.25, 0.3) is 0 Å². The summed E-state index contributed by atoms with van der Waals surface area (Å²) in [7, 11) is 1.76. The lowest BCUT2D eigenvalue weighted by Gasteiger charge is -2.39. The van der Waals surface area contributed by atoms with Crippen LogP contribution in [0.25, 0.3) is 0 Å². The van der Waals surface area contributed by atoms with E-state index in [1.165, 1.54) is 0 Å². The van der Waals surface area contributed by atoms with Gasteiger partial charge in [0.1, 0.15) is 0 Å². The fourth-order valence-electron chi connectivity index (χ4n) is 1.25. The average molecular weight is 174 g/mol. The number of rotatable bonds is 0. The van der Waals surface area contributed by atoms with Crippen molar-refractivity contribution < 1.29 is 4.79 Å². The Morgan fingerprint density at radius 2 is 2.18 bits per heavy atom. The van der Waals surface area contributed by atoms with Gasteiger partial charge in [0.15, 0.2) is 0 Å². The number of amides is 1. The molecule has 11 heavy (non-hydrogen) atoms. The minimum Gasteiger partial charge on any atom is -0.279 e. The first-order valence-corrected chi connectivity index (χ1v) is 4.53. The highest BCUT2D eigenvalue weighted by atomic mass is 32.2. The number of hydrogen-bond acceptors (Lipinski definition) is 3. The second-order valence-electron chi connectivity index (χ2n) is 3.28. The van der Waals surface area contributed by atoms with E-state index in [2.05, 4.69) is 19.3 Å². The minimum atomic E-state index is -0.0257. The lowest BCUT2D eigenvalue weighted by atomic mass is 10.4. The van der Waals surface area contributed by atoms with Crippen LogP contribution in [0, 0.1) is 0 Å². The average Bonchev–Trinajstić information content (AvgIpc) is 1.81. The highest BCUT2D eigenvalue weighted by molar-refractivity contribution is 8.01. The Morgan fingerprint density at radius 1 is 1.64 bits per heavy atom. The summed E-state index contributed by atoms with van der Waals surface area (Å²) in [6, 6.07) is 0. The maximum Gasteiger partial charge on any atom is 0.249 e. The molecule has 0 spiro atoms. The molecule has 1 unspecified atom stereocenters. The molecule has 1 atom stereocenters. The molecule has 0 aromatic carbocycles. The van der Waals surface area contributed by atoms with Crippen LogP contribution >= 0.6 is 11.8 Å². The Balaban J connectivity index is 2.70. The molecule has 1 fully saturated rings. The molecule has 1 rings (SSSR count). The van der Waals surface area contributed by atoms with Crippen LogP contribution in [0.15, 0.2) is 0 Å². The van der Waals surface area contributed by atoms with E-state index in [1.807, 2.05) is 6.92 Å². The van der Waals surface area contributed by atoms with Crippen LogP contribution in [0.2, 0.25) is 0 Å². The third-order valence-electron chi connectivity index (χ3n) is 1.59. The van der Waals surface area contributed by atoms with Crippen molar-refractivity contribution in [1.82, 2.24) is 10.4 Å². The molecule has 0 aromatic rings. The van der Waals surface area contributed by atoms with Crippen LogP contribution in [-0.4, -0.2) is 28.1 Å². The summed E-state index contributed by atoms with van der Waals surface area (Å²) in [4.78, 5) is 11.2. The third-order valence-corrected chi connectivity index (χ3v) is 2.82. The number of nitrogens with zero attached hydrogens (tertiary/aromatic N) is 1. The number of hydrazine groups is 1. The first-order chi connectivity index (χ1) is 4.92. The van der Waals surface area contributed by atoms with E-state index in [1.54, 1.807) is 23.8 Å². The van der Waals surface area contributed by atoms with Crippen LogP contribution in [-0.2, 0) is 4.79 Å². The van der Waals surface area contributed by atoms with E-state index < -0.39 is 0 Å². The van der Waals surface area contributed by atoms with E-state index in [4.69, 9.17) is 0 Å². The standard InChI is InChI=1S/C7H14N2OS/c1-5-6(10)9(4)8-7(2,3)11-5/h5,8H,1-4H3. The van der Waals surface area contributed by atoms with Gasteiger partial charge in [0, 0.05) is 7.05 Å². The predicted octanol–water partition coefficient (Wildman–Crippen LogP) is 0.821. The Morgan fingerprint density at radius 3 is 2.64 bits per heavy atom. The topological polar surface area (TPSA) is 32.3 Å². The number of thioether (sulfide) groups is 1. The summed E-state index contributed by atoms with van der Waals surface area (Å²) in [6.45, 7) is 6.07. The molecule has 1 N–H and O–H groups in total.